The van der Waals surface area contributed by atoms with Crippen LogP contribution >= 0.6 is 0 Å². The Labute approximate surface area is 76.7 Å². The van der Waals surface area contributed by atoms with Crippen LogP contribution in [-0.4, -0.2) is 6.04 Å². The van der Waals surface area contributed by atoms with E-state index in [-0.39, 0.29) is 0 Å². The van der Waals surface area contributed by atoms with Crippen LogP contribution in [0.5, 0.6) is 0 Å². The maximum absolute atomic E-state index is 6.27. The van der Waals surface area contributed by atoms with Crippen molar-refractivity contribution in [1.82, 2.24) is 0 Å². The van der Waals surface area contributed by atoms with Crippen LogP contribution in [0.15, 0.2) is 0 Å². The van der Waals surface area contributed by atoms with Gasteiger partial charge >= 0.3 is 0 Å². The van der Waals surface area contributed by atoms with Gasteiger partial charge in [-0.1, -0.05) is 27.7 Å². The second-order valence-electron chi connectivity index (χ2n) is 4.78. The molecule has 0 amide bonds. The lowest BCUT2D eigenvalue weighted by atomic mass is 9.70. The highest BCUT2D eigenvalue weighted by atomic mass is 14.7. The summed E-state index contributed by atoms with van der Waals surface area (Å²) in [5.41, 5.74) is 6.71. The maximum Gasteiger partial charge on any atom is 0.0124 e. The largest absolute Gasteiger partial charge is 0.327 e. The quantitative estimate of drug-likeness (QED) is 0.676. The van der Waals surface area contributed by atoms with Gasteiger partial charge in [0.2, 0.25) is 0 Å². The third-order valence-corrected chi connectivity index (χ3v) is 4.15. The Balaban J connectivity index is 2.80. The summed E-state index contributed by atoms with van der Waals surface area (Å²) in [5.74, 6) is 1.47. The van der Waals surface area contributed by atoms with Gasteiger partial charge in [-0.3, -0.25) is 0 Å². The van der Waals surface area contributed by atoms with Crippen molar-refractivity contribution in [2.75, 3.05) is 0 Å². The minimum absolute atomic E-state index is 0.433. The first-order chi connectivity index (χ1) is 5.54. The van der Waals surface area contributed by atoms with E-state index < -0.39 is 0 Å². The number of hydrogen-bond acceptors (Lipinski definition) is 1. The first-order valence-corrected chi connectivity index (χ1v) is 5.30. The molecule has 0 radical (unpaired) electrons. The second-order valence-corrected chi connectivity index (χ2v) is 4.78. The van der Waals surface area contributed by atoms with Gasteiger partial charge in [0.1, 0.15) is 0 Å². The van der Waals surface area contributed by atoms with E-state index in [0.717, 1.165) is 11.8 Å². The van der Waals surface area contributed by atoms with E-state index in [4.69, 9.17) is 5.73 Å². The molecule has 1 nitrogen and oxygen atoms in total. The third-order valence-electron chi connectivity index (χ3n) is 4.15. The molecule has 0 aromatic carbocycles. The molecule has 1 heteroatoms. The Morgan fingerprint density at radius 3 is 2.25 bits per heavy atom. The van der Waals surface area contributed by atoms with Gasteiger partial charge in [-0.05, 0) is 36.5 Å². The number of rotatable bonds is 2. The van der Waals surface area contributed by atoms with Crippen molar-refractivity contribution >= 4 is 0 Å². The van der Waals surface area contributed by atoms with Gasteiger partial charge in [0.15, 0.2) is 0 Å². The first kappa shape index (κ1) is 10.0. The van der Waals surface area contributed by atoms with Gasteiger partial charge in [-0.2, -0.15) is 0 Å². The van der Waals surface area contributed by atoms with Crippen molar-refractivity contribution in [2.24, 2.45) is 23.0 Å². The van der Waals surface area contributed by atoms with Crippen molar-refractivity contribution in [3.05, 3.63) is 0 Å². The van der Waals surface area contributed by atoms with Crippen LogP contribution in [-0.2, 0) is 0 Å². The minimum Gasteiger partial charge on any atom is -0.327 e. The van der Waals surface area contributed by atoms with Crippen molar-refractivity contribution in [3.8, 4) is 0 Å². The summed E-state index contributed by atoms with van der Waals surface area (Å²) in [4.78, 5) is 0. The Bertz CT molecular complexity index is 153. The lowest BCUT2D eigenvalue weighted by Gasteiger charge is -2.37. The molecule has 1 aliphatic carbocycles. The van der Waals surface area contributed by atoms with E-state index in [1.54, 1.807) is 0 Å². The molecule has 12 heavy (non-hydrogen) atoms. The van der Waals surface area contributed by atoms with Crippen LogP contribution in [0.25, 0.3) is 0 Å². The molecule has 0 bridgehead atoms. The van der Waals surface area contributed by atoms with Crippen molar-refractivity contribution in [2.45, 2.75) is 53.0 Å². The number of nitrogens with two attached hydrogens (primary N) is 1. The molecule has 0 heterocycles. The molecule has 1 unspecified atom stereocenters. The summed E-state index contributed by atoms with van der Waals surface area (Å²) in [6, 6.07) is 0.433. The van der Waals surface area contributed by atoms with E-state index >= 15 is 0 Å². The molecule has 0 aromatic heterocycles. The van der Waals surface area contributed by atoms with Gasteiger partial charge in [-0.15, -0.1) is 0 Å². The molecule has 0 aliphatic heterocycles. The molecule has 72 valence electrons. The van der Waals surface area contributed by atoms with E-state index in [0.29, 0.717) is 11.5 Å². The van der Waals surface area contributed by atoms with Gasteiger partial charge < -0.3 is 5.73 Å². The molecular weight excluding hydrogens is 146 g/mol. The molecule has 2 N–H and O–H groups in total. The van der Waals surface area contributed by atoms with Gasteiger partial charge in [0.25, 0.3) is 0 Å². The van der Waals surface area contributed by atoms with Crippen LogP contribution in [0, 0.1) is 17.3 Å². The summed E-state index contributed by atoms with van der Waals surface area (Å²) in [5, 5.41) is 0. The Morgan fingerprint density at radius 1 is 1.50 bits per heavy atom. The van der Waals surface area contributed by atoms with Crippen LogP contribution in [0.4, 0.5) is 0 Å². The molecule has 1 saturated carbocycles. The van der Waals surface area contributed by atoms with Gasteiger partial charge in [0.05, 0.1) is 0 Å². The van der Waals surface area contributed by atoms with Crippen LogP contribution in [0.2, 0.25) is 0 Å². The van der Waals surface area contributed by atoms with E-state index in [1.165, 1.54) is 19.3 Å². The minimum atomic E-state index is 0.433. The average Bonchev–Trinajstić information content (AvgIpc) is 2.31. The topological polar surface area (TPSA) is 26.0 Å². The van der Waals surface area contributed by atoms with Gasteiger partial charge in [0, 0.05) is 6.04 Å². The SMILES string of the molecule is CCC1(C(C)C)CC[C@@H](C)[C@H]1N. The van der Waals surface area contributed by atoms with E-state index in [1.807, 2.05) is 0 Å². The highest BCUT2D eigenvalue weighted by Crippen LogP contribution is 2.48. The van der Waals surface area contributed by atoms with Gasteiger partial charge in [-0.25, -0.2) is 0 Å². The van der Waals surface area contributed by atoms with E-state index in [9.17, 15) is 0 Å². The van der Waals surface area contributed by atoms with Crippen LogP contribution in [0.1, 0.15) is 47.0 Å². The predicted molar refractivity (Wildman–Crippen MR) is 53.9 cm³/mol. The monoisotopic (exact) mass is 169 g/mol. The first-order valence-electron chi connectivity index (χ1n) is 5.30. The fourth-order valence-corrected chi connectivity index (χ4v) is 2.90. The molecule has 1 fully saturated rings. The zero-order valence-corrected chi connectivity index (χ0v) is 8.93. The molecule has 0 aromatic rings. The lowest BCUT2D eigenvalue weighted by molar-refractivity contribution is 0.151. The van der Waals surface area contributed by atoms with Crippen molar-refractivity contribution in [1.29, 1.82) is 0 Å². The fraction of sp³-hybridized carbons (Fsp3) is 1.00. The highest BCUT2D eigenvalue weighted by molar-refractivity contribution is 4.98. The van der Waals surface area contributed by atoms with Crippen molar-refractivity contribution < 1.29 is 0 Å². The summed E-state index contributed by atoms with van der Waals surface area (Å²) in [6.07, 6.45) is 3.91. The second kappa shape index (κ2) is 3.37. The standard InChI is InChI=1S/C11H23N/c1-5-11(8(2)3)7-6-9(4)10(11)12/h8-10H,5-7,12H2,1-4H3/t9-,10-,11?/m1/s1. The summed E-state index contributed by atoms with van der Waals surface area (Å²) >= 11 is 0. The summed E-state index contributed by atoms with van der Waals surface area (Å²) in [6.45, 7) is 9.23. The van der Waals surface area contributed by atoms with E-state index in [2.05, 4.69) is 27.7 Å². The Morgan fingerprint density at radius 2 is 2.08 bits per heavy atom. The predicted octanol–water partition coefficient (Wildman–Crippen LogP) is 2.80. The van der Waals surface area contributed by atoms with Crippen molar-refractivity contribution in [3.63, 3.8) is 0 Å². The maximum atomic E-state index is 6.27. The lowest BCUT2D eigenvalue weighted by Crippen LogP contribution is -2.43. The zero-order chi connectivity index (χ0) is 9.35. The Kier molecular flexibility index (Phi) is 2.82. The highest BCUT2D eigenvalue weighted by Gasteiger charge is 2.45. The molecule has 0 spiro atoms. The van der Waals surface area contributed by atoms with Crippen LogP contribution in [0.3, 0.4) is 0 Å². The molecule has 0 saturated heterocycles. The Hall–Kier alpha value is -0.0400. The molecule has 1 aliphatic rings. The summed E-state index contributed by atoms with van der Waals surface area (Å²) < 4.78 is 0. The molecule has 3 atom stereocenters. The number of hydrogen-bond donors (Lipinski definition) is 1. The smallest absolute Gasteiger partial charge is 0.0124 e. The normalized spacial score (nSPS) is 42.5. The fourth-order valence-electron chi connectivity index (χ4n) is 2.90. The molecular formula is C11H23N. The average molecular weight is 169 g/mol. The molecule has 1 rings (SSSR count). The third kappa shape index (κ3) is 1.28. The van der Waals surface area contributed by atoms with Crippen LogP contribution < -0.4 is 5.73 Å². The zero-order valence-electron chi connectivity index (χ0n) is 8.93. The summed E-state index contributed by atoms with van der Waals surface area (Å²) in [7, 11) is 0.